The monoisotopic (exact) mass is 946 g/mol. The molecule has 2 fully saturated rings. The molecular weight excluding hydrogens is 885 g/mol. The summed E-state index contributed by atoms with van der Waals surface area (Å²) in [5, 5.41) is 16.5. The van der Waals surface area contributed by atoms with Crippen LogP contribution in [0.1, 0.15) is 48.4 Å². The van der Waals surface area contributed by atoms with Crippen LogP contribution in [0.3, 0.4) is 0 Å². The van der Waals surface area contributed by atoms with Crippen molar-refractivity contribution in [1.29, 1.82) is 0 Å². The molecule has 0 amide bonds. The van der Waals surface area contributed by atoms with Crippen molar-refractivity contribution in [2.24, 2.45) is 0 Å². The van der Waals surface area contributed by atoms with Gasteiger partial charge in [0.25, 0.3) is 11.1 Å². The zero-order valence-corrected chi connectivity index (χ0v) is 39.8. The van der Waals surface area contributed by atoms with Crippen LogP contribution in [0.4, 0.5) is 11.9 Å². The Morgan fingerprint density at radius 1 is 0.457 bits per heavy atom. The number of aromatic nitrogens is 8. The Morgan fingerprint density at radius 3 is 1.17 bits per heavy atom. The largest absolute Gasteiger partial charge is 0.395 e. The molecule has 0 radical (unpaired) electrons. The van der Waals surface area contributed by atoms with Crippen molar-refractivity contribution >= 4 is 34.2 Å². The van der Waals surface area contributed by atoms with Gasteiger partial charge in [0.05, 0.1) is 39.3 Å². The quantitative estimate of drug-likeness (QED) is 0.144. The number of aliphatic hydroxyl groups is 1. The van der Waals surface area contributed by atoms with Crippen LogP contribution in [0.15, 0.2) is 141 Å². The van der Waals surface area contributed by atoms with Crippen molar-refractivity contribution in [1.82, 2.24) is 48.0 Å². The van der Waals surface area contributed by atoms with Gasteiger partial charge in [-0.3, -0.25) is 37.0 Å². The topological polar surface area (TPSA) is 174 Å². The van der Waals surface area contributed by atoms with E-state index in [2.05, 4.69) is 32.6 Å². The summed E-state index contributed by atoms with van der Waals surface area (Å²) in [5.74, 6) is 1.44. The second-order valence-corrected chi connectivity index (χ2v) is 17.8. The first-order valence-corrected chi connectivity index (χ1v) is 24.5. The van der Waals surface area contributed by atoms with Gasteiger partial charge >= 0.3 is 11.4 Å². The first-order chi connectivity index (χ1) is 34.3. The van der Waals surface area contributed by atoms with Gasteiger partial charge < -0.3 is 25.5 Å². The molecule has 2 aliphatic rings. The molecule has 364 valence electrons. The van der Waals surface area contributed by atoms with E-state index in [1.54, 1.807) is 9.13 Å². The molecule has 10 rings (SSSR count). The van der Waals surface area contributed by atoms with Crippen molar-refractivity contribution in [3.63, 3.8) is 0 Å². The molecule has 6 heterocycles. The molecule has 2 aliphatic heterocycles. The van der Waals surface area contributed by atoms with E-state index in [4.69, 9.17) is 9.97 Å². The van der Waals surface area contributed by atoms with Gasteiger partial charge in [0, 0.05) is 45.8 Å². The van der Waals surface area contributed by atoms with Crippen LogP contribution in [0, 0.1) is 0 Å². The van der Waals surface area contributed by atoms with E-state index in [0.29, 0.717) is 60.9 Å². The maximum Gasteiger partial charge on any atom is 0.333 e. The van der Waals surface area contributed by atoms with Crippen molar-refractivity contribution in [3.8, 4) is 0 Å². The summed E-state index contributed by atoms with van der Waals surface area (Å²) >= 11 is 0. The highest BCUT2D eigenvalue weighted by molar-refractivity contribution is 5.76. The van der Waals surface area contributed by atoms with Crippen molar-refractivity contribution < 1.29 is 5.11 Å². The first-order valence-electron chi connectivity index (χ1n) is 24.5. The van der Waals surface area contributed by atoms with Gasteiger partial charge in [-0.2, -0.15) is 9.97 Å². The number of nitrogens with zero attached hydrogens (tertiary/aromatic N) is 10. The maximum absolute atomic E-state index is 13.8. The molecule has 0 spiro atoms. The summed E-state index contributed by atoms with van der Waals surface area (Å²) in [6.07, 6.45) is 2.65. The van der Waals surface area contributed by atoms with Crippen LogP contribution >= 0.6 is 0 Å². The normalized spacial score (nSPS) is 14.4. The third kappa shape index (κ3) is 10.3. The van der Waals surface area contributed by atoms with E-state index < -0.39 is 11.2 Å². The summed E-state index contributed by atoms with van der Waals surface area (Å²) in [7, 11) is 0. The van der Waals surface area contributed by atoms with E-state index in [9.17, 15) is 24.3 Å². The summed E-state index contributed by atoms with van der Waals surface area (Å²) in [4.78, 5) is 68.8. The minimum Gasteiger partial charge on any atom is -0.395 e. The van der Waals surface area contributed by atoms with Gasteiger partial charge in [-0.25, -0.2) is 9.59 Å². The molecule has 0 aliphatic carbocycles. The van der Waals surface area contributed by atoms with Crippen LogP contribution in [0.2, 0.25) is 0 Å². The van der Waals surface area contributed by atoms with Gasteiger partial charge in [-0.1, -0.05) is 128 Å². The second kappa shape index (κ2) is 22.4. The van der Waals surface area contributed by atoms with E-state index in [1.165, 1.54) is 4.57 Å². The van der Waals surface area contributed by atoms with Crippen LogP contribution in [0.25, 0.3) is 22.3 Å². The molecule has 0 bridgehead atoms. The van der Waals surface area contributed by atoms with Crippen molar-refractivity contribution in [3.05, 3.63) is 185 Å². The fourth-order valence-corrected chi connectivity index (χ4v) is 9.50. The number of benzene rings is 4. The Hall–Kier alpha value is -7.34. The molecule has 70 heavy (non-hydrogen) atoms. The number of anilines is 2. The highest BCUT2D eigenvalue weighted by Crippen LogP contribution is 2.25. The Bertz CT molecular complexity index is 3020. The van der Waals surface area contributed by atoms with Crippen molar-refractivity contribution in [2.45, 2.75) is 65.5 Å². The maximum atomic E-state index is 13.8. The number of rotatable bonds is 14. The SMILES string of the molecule is CCCn1c(=O)c2c(nc(N3CCCNCC3)n2Cc2ccccc2)n(Cc2ccccc2)c1=O.O=c1c2c(nc(N3CCCNCC3)n2Cc2ccccc2)n(Cc2ccccc2)c(=O)n1CCO. The molecule has 0 atom stereocenters. The lowest BCUT2D eigenvalue weighted by Crippen LogP contribution is -2.41. The molecular formula is C53H62N12O5. The van der Waals surface area contributed by atoms with Gasteiger partial charge in [0.2, 0.25) is 11.9 Å². The zero-order chi connectivity index (χ0) is 48.4. The lowest BCUT2D eigenvalue weighted by molar-refractivity contribution is 0.270. The zero-order valence-electron chi connectivity index (χ0n) is 39.8. The molecule has 4 aromatic heterocycles. The fourth-order valence-electron chi connectivity index (χ4n) is 9.50. The molecule has 2 saturated heterocycles. The number of nitrogens with one attached hydrogen (secondary N) is 2. The first kappa shape index (κ1) is 47.7. The van der Waals surface area contributed by atoms with Gasteiger partial charge in [-0.15, -0.1) is 0 Å². The fraction of sp³-hybridized carbons (Fsp3) is 0.358. The lowest BCUT2D eigenvalue weighted by Gasteiger charge is -2.22. The molecule has 0 saturated carbocycles. The van der Waals surface area contributed by atoms with E-state index in [1.807, 2.05) is 125 Å². The molecule has 3 N–H and O–H groups in total. The van der Waals surface area contributed by atoms with Gasteiger partial charge in [0.15, 0.2) is 22.3 Å². The van der Waals surface area contributed by atoms with Crippen LogP contribution in [0.5, 0.6) is 0 Å². The summed E-state index contributed by atoms with van der Waals surface area (Å²) in [6, 6.07) is 39.6. The molecule has 17 nitrogen and oxygen atoms in total. The average Bonchev–Trinajstić information content (AvgIpc) is 3.64. The predicted molar refractivity (Wildman–Crippen MR) is 275 cm³/mol. The minimum absolute atomic E-state index is 0.0676. The Kier molecular flexibility index (Phi) is 15.3. The Morgan fingerprint density at radius 2 is 0.814 bits per heavy atom. The highest BCUT2D eigenvalue weighted by atomic mass is 16.3. The number of hydrogen-bond donors (Lipinski definition) is 3. The number of imidazole rings is 2. The standard InChI is InChI=1S/C27H32N6O2.C26H30N6O3/c1-2-16-31-25(34)23-24(33(27(31)35)20-22-12-7-4-8-13-22)29-26(30-17-9-14-28-15-18-30)32(23)19-21-10-5-3-6-11-21;33-17-16-30-24(34)22-23(32(26(30)35)19-21-10-5-2-6-11-21)28-25(29-14-7-12-27-13-15-29)31(22)18-20-8-3-1-4-9-20/h3-8,10-13,28H,2,9,14-20H2,1H3;1-6,8-11,27,33H,7,12-19H2. The van der Waals surface area contributed by atoms with Gasteiger partial charge in [0.1, 0.15) is 0 Å². The van der Waals surface area contributed by atoms with E-state index in [0.717, 1.165) is 98.0 Å². The minimum atomic E-state index is -0.464. The van der Waals surface area contributed by atoms with E-state index >= 15 is 0 Å². The highest BCUT2D eigenvalue weighted by Gasteiger charge is 2.27. The van der Waals surface area contributed by atoms with Gasteiger partial charge in [-0.05, 0) is 54.6 Å². The molecule has 4 aromatic carbocycles. The molecule has 0 unspecified atom stereocenters. The number of fused-ring (bicyclic) bond motifs is 2. The molecule has 17 heteroatoms. The van der Waals surface area contributed by atoms with Crippen LogP contribution < -0.4 is 42.9 Å². The van der Waals surface area contributed by atoms with Crippen LogP contribution in [-0.2, 0) is 39.3 Å². The second-order valence-electron chi connectivity index (χ2n) is 17.8. The predicted octanol–water partition coefficient (Wildman–Crippen LogP) is 3.91. The Labute approximate surface area is 405 Å². The lowest BCUT2D eigenvalue weighted by atomic mass is 10.2. The summed E-state index contributed by atoms with van der Waals surface area (Å²) < 4.78 is 9.69. The smallest absolute Gasteiger partial charge is 0.333 e. The summed E-state index contributed by atoms with van der Waals surface area (Å²) in [6.45, 7) is 10.4. The third-order valence-electron chi connectivity index (χ3n) is 12.9. The van der Waals surface area contributed by atoms with Crippen molar-refractivity contribution in [2.75, 3.05) is 68.8 Å². The third-order valence-corrected chi connectivity index (χ3v) is 12.9. The van der Waals surface area contributed by atoms with Crippen LogP contribution in [-0.4, -0.2) is 101 Å². The number of hydrogen-bond acceptors (Lipinski definition) is 11. The van der Waals surface area contributed by atoms with E-state index in [-0.39, 0.29) is 30.9 Å². The summed E-state index contributed by atoms with van der Waals surface area (Å²) in [5.41, 5.74) is 4.30. The Balaban J connectivity index is 0.000000174. The average molecular weight is 947 g/mol. The molecule has 8 aromatic rings. The number of aliphatic hydroxyl groups excluding tert-OH is 1.